The molecular weight excluding hydrogens is 286 g/mol. The van der Waals surface area contributed by atoms with Gasteiger partial charge in [-0.3, -0.25) is 4.90 Å². The van der Waals surface area contributed by atoms with Gasteiger partial charge in [-0.25, -0.2) is 4.98 Å². The van der Waals surface area contributed by atoms with Crippen molar-refractivity contribution in [2.75, 3.05) is 13.1 Å². The Balaban J connectivity index is 0.00000132. The molecule has 0 atom stereocenters. The Labute approximate surface area is 129 Å². The molecule has 1 saturated heterocycles. The molecule has 0 spiro atoms. The molecule has 3 heterocycles. The van der Waals surface area contributed by atoms with Gasteiger partial charge in [0.2, 0.25) is 5.58 Å². The van der Waals surface area contributed by atoms with Crippen molar-refractivity contribution in [1.82, 2.24) is 9.97 Å². The van der Waals surface area contributed by atoms with Crippen LogP contribution in [0.2, 0.25) is 0 Å². The Morgan fingerprint density at radius 2 is 1.90 bits per heavy atom. The van der Waals surface area contributed by atoms with E-state index in [0.29, 0.717) is 0 Å². The average molecular weight is 304 g/mol. The number of fused-ring (bicyclic) bond motifs is 3. The van der Waals surface area contributed by atoms with E-state index >= 15 is 0 Å². The highest BCUT2D eigenvalue weighted by Crippen LogP contribution is 2.30. The SMILES string of the molecule is CCc1nc([NH+]2CCCC2)c2oc3ccccc3c2n1.[Cl-]. The Morgan fingerprint density at radius 1 is 1.14 bits per heavy atom. The Morgan fingerprint density at radius 3 is 2.67 bits per heavy atom. The highest BCUT2D eigenvalue weighted by atomic mass is 35.5. The van der Waals surface area contributed by atoms with Crippen molar-refractivity contribution in [3.8, 4) is 0 Å². The molecule has 4 rings (SSSR count). The van der Waals surface area contributed by atoms with Crippen LogP contribution in [0, 0.1) is 0 Å². The van der Waals surface area contributed by atoms with Gasteiger partial charge < -0.3 is 16.8 Å². The largest absolute Gasteiger partial charge is 1.00 e. The normalized spacial score (nSPS) is 15.7. The first-order valence-electron chi connectivity index (χ1n) is 7.40. The van der Waals surface area contributed by atoms with Crippen LogP contribution in [0.15, 0.2) is 28.7 Å². The number of halogens is 1. The molecular formula is C16H18ClN3O. The van der Waals surface area contributed by atoms with Gasteiger partial charge in [-0.2, -0.15) is 4.98 Å². The lowest BCUT2D eigenvalue weighted by Crippen LogP contribution is -3.05. The Bertz CT molecular complexity index is 778. The number of benzene rings is 1. The second-order valence-corrected chi connectivity index (χ2v) is 5.43. The predicted molar refractivity (Wildman–Crippen MR) is 78.3 cm³/mol. The molecule has 1 fully saturated rings. The van der Waals surface area contributed by atoms with Crippen LogP contribution in [0.5, 0.6) is 0 Å². The zero-order valence-corrected chi connectivity index (χ0v) is 12.8. The highest BCUT2D eigenvalue weighted by Gasteiger charge is 2.26. The number of quaternary nitrogens is 1. The lowest BCUT2D eigenvalue weighted by Gasteiger charge is -2.10. The fraction of sp³-hybridized carbons (Fsp3) is 0.375. The van der Waals surface area contributed by atoms with E-state index in [1.165, 1.54) is 17.7 Å². The fourth-order valence-electron chi connectivity index (χ4n) is 3.07. The summed E-state index contributed by atoms with van der Waals surface area (Å²) in [5.74, 6) is 1.97. The summed E-state index contributed by atoms with van der Waals surface area (Å²) in [6.45, 7) is 4.39. The van der Waals surface area contributed by atoms with Crippen LogP contribution in [0.1, 0.15) is 25.6 Å². The number of aromatic nitrogens is 2. The Kier molecular flexibility index (Phi) is 3.83. The third-order valence-electron chi connectivity index (χ3n) is 4.12. The zero-order chi connectivity index (χ0) is 13.5. The lowest BCUT2D eigenvalue weighted by molar-refractivity contribution is -0.820. The Hall–Kier alpha value is -1.65. The summed E-state index contributed by atoms with van der Waals surface area (Å²) in [5.41, 5.74) is 2.76. The first-order chi connectivity index (χ1) is 9.86. The van der Waals surface area contributed by atoms with E-state index in [1.54, 1.807) is 0 Å². The molecule has 21 heavy (non-hydrogen) atoms. The molecule has 0 saturated carbocycles. The fourth-order valence-corrected chi connectivity index (χ4v) is 3.07. The monoisotopic (exact) mass is 303 g/mol. The minimum Gasteiger partial charge on any atom is -1.00 e. The molecule has 0 bridgehead atoms. The van der Waals surface area contributed by atoms with Crippen molar-refractivity contribution < 1.29 is 21.7 Å². The third kappa shape index (κ3) is 2.28. The molecule has 1 aliphatic rings. The number of nitrogens with one attached hydrogen (secondary N) is 1. The molecule has 1 N–H and O–H groups in total. The molecule has 1 aliphatic heterocycles. The van der Waals surface area contributed by atoms with E-state index in [9.17, 15) is 0 Å². The van der Waals surface area contributed by atoms with Gasteiger partial charge in [0.1, 0.15) is 16.9 Å². The van der Waals surface area contributed by atoms with Crippen LogP contribution in [-0.2, 0) is 6.42 Å². The summed E-state index contributed by atoms with van der Waals surface area (Å²) in [7, 11) is 0. The summed E-state index contributed by atoms with van der Waals surface area (Å²) in [5, 5.41) is 1.10. The minimum absolute atomic E-state index is 0. The van der Waals surface area contributed by atoms with Crippen molar-refractivity contribution in [3.63, 3.8) is 0 Å². The summed E-state index contributed by atoms with van der Waals surface area (Å²) in [6.07, 6.45) is 3.39. The van der Waals surface area contributed by atoms with E-state index in [2.05, 4.69) is 13.0 Å². The van der Waals surface area contributed by atoms with E-state index in [-0.39, 0.29) is 12.4 Å². The molecule has 4 nitrogen and oxygen atoms in total. The van der Waals surface area contributed by atoms with E-state index in [0.717, 1.165) is 53.2 Å². The first-order valence-corrected chi connectivity index (χ1v) is 7.40. The quantitative estimate of drug-likeness (QED) is 0.678. The summed E-state index contributed by atoms with van der Waals surface area (Å²) in [4.78, 5) is 10.9. The molecule has 2 aromatic heterocycles. The average Bonchev–Trinajstić information content (AvgIpc) is 3.13. The number of hydrogen-bond acceptors (Lipinski definition) is 3. The van der Waals surface area contributed by atoms with Gasteiger partial charge in [0.05, 0.1) is 13.1 Å². The van der Waals surface area contributed by atoms with Crippen molar-refractivity contribution >= 4 is 27.9 Å². The van der Waals surface area contributed by atoms with E-state index in [4.69, 9.17) is 14.4 Å². The minimum atomic E-state index is 0. The van der Waals surface area contributed by atoms with Gasteiger partial charge in [-0.15, -0.1) is 0 Å². The smallest absolute Gasteiger partial charge is 0.273 e. The van der Waals surface area contributed by atoms with Crippen LogP contribution in [0.25, 0.3) is 22.1 Å². The summed E-state index contributed by atoms with van der Waals surface area (Å²) >= 11 is 0. The number of furan rings is 1. The number of para-hydroxylation sites is 1. The van der Waals surface area contributed by atoms with E-state index < -0.39 is 0 Å². The third-order valence-corrected chi connectivity index (χ3v) is 4.12. The number of nitrogens with zero attached hydrogens (tertiary/aromatic N) is 2. The van der Waals surface area contributed by atoms with Gasteiger partial charge in [-0.1, -0.05) is 19.1 Å². The first kappa shape index (κ1) is 14.3. The zero-order valence-electron chi connectivity index (χ0n) is 12.0. The molecule has 3 aromatic rings. The number of hydrogen-bond donors (Lipinski definition) is 1. The van der Waals surface area contributed by atoms with Crippen LogP contribution in [0.4, 0.5) is 5.82 Å². The predicted octanol–water partition coefficient (Wildman–Crippen LogP) is -0.747. The van der Waals surface area contributed by atoms with Gasteiger partial charge in [0.15, 0.2) is 0 Å². The molecule has 5 heteroatoms. The summed E-state index contributed by atoms with van der Waals surface area (Å²) < 4.78 is 6.05. The molecule has 0 radical (unpaired) electrons. The molecule has 0 aliphatic carbocycles. The maximum absolute atomic E-state index is 6.05. The molecule has 110 valence electrons. The van der Waals surface area contributed by atoms with Crippen molar-refractivity contribution in [2.45, 2.75) is 26.2 Å². The highest BCUT2D eigenvalue weighted by molar-refractivity contribution is 6.04. The standard InChI is InChI=1S/C16H17N3O.ClH/c1-2-13-17-14-11-7-3-4-8-12(11)20-15(14)16(18-13)19-9-5-6-10-19;/h3-4,7-8H,2,5-6,9-10H2,1H3;1H. The van der Waals surface area contributed by atoms with Gasteiger partial charge in [0.25, 0.3) is 5.82 Å². The maximum atomic E-state index is 6.05. The second-order valence-electron chi connectivity index (χ2n) is 5.43. The number of aryl methyl sites for hydroxylation is 1. The van der Waals surface area contributed by atoms with Gasteiger partial charge >= 0.3 is 0 Å². The molecule has 1 aromatic carbocycles. The maximum Gasteiger partial charge on any atom is 0.273 e. The van der Waals surface area contributed by atoms with Crippen LogP contribution >= 0.6 is 0 Å². The van der Waals surface area contributed by atoms with Crippen molar-refractivity contribution in [3.05, 3.63) is 30.1 Å². The number of rotatable bonds is 2. The molecule has 0 amide bonds. The van der Waals surface area contributed by atoms with Gasteiger partial charge in [0, 0.05) is 24.6 Å². The molecule has 0 unspecified atom stereocenters. The summed E-state index contributed by atoms with van der Waals surface area (Å²) in [6, 6.07) is 8.12. The second kappa shape index (κ2) is 5.62. The lowest BCUT2D eigenvalue weighted by atomic mass is 10.2. The van der Waals surface area contributed by atoms with Crippen LogP contribution in [-0.4, -0.2) is 23.1 Å². The van der Waals surface area contributed by atoms with Gasteiger partial charge in [-0.05, 0) is 12.1 Å². The van der Waals surface area contributed by atoms with E-state index in [1.807, 2.05) is 18.2 Å². The van der Waals surface area contributed by atoms with Crippen molar-refractivity contribution in [1.29, 1.82) is 0 Å². The van der Waals surface area contributed by atoms with Crippen molar-refractivity contribution in [2.24, 2.45) is 0 Å². The van der Waals surface area contributed by atoms with Crippen LogP contribution < -0.4 is 17.3 Å². The topological polar surface area (TPSA) is 43.4 Å². The van der Waals surface area contributed by atoms with Crippen LogP contribution in [0.3, 0.4) is 0 Å².